The van der Waals surface area contributed by atoms with Crippen LogP contribution >= 0.6 is 11.8 Å². The van der Waals surface area contributed by atoms with Crippen LogP contribution in [0.2, 0.25) is 0 Å². The molecule has 1 fully saturated rings. The molecule has 6 heteroatoms. The molecule has 2 amide bonds. The van der Waals surface area contributed by atoms with Crippen LogP contribution in [0.25, 0.3) is 0 Å². The Morgan fingerprint density at radius 2 is 1.88 bits per heavy atom. The maximum absolute atomic E-state index is 12.8. The predicted molar refractivity (Wildman–Crippen MR) is 103 cm³/mol. The first-order chi connectivity index (χ1) is 11.9. The van der Waals surface area contributed by atoms with Gasteiger partial charge in [0.2, 0.25) is 5.91 Å². The molecule has 5 nitrogen and oxygen atoms in total. The maximum atomic E-state index is 12.8. The van der Waals surface area contributed by atoms with E-state index in [1.54, 1.807) is 19.0 Å². The van der Waals surface area contributed by atoms with Crippen LogP contribution in [0.4, 0.5) is 0 Å². The Labute approximate surface area is 155 Å². The average molecular weight is 364 g/mol. The van der Waals surface area contributed by atoms with Crippen LogP contribution in [0.1, 0.15) is 36.0 Å². The molecule has 1 aliphatic carbocycles. The lowest BCUT2D eigenvalue weighted by atomic mass is 9.90. The van der Waals surface area contributed by atoms with Crippen molar-refractivity contribution in [3.8, 4) is 0 Å². The van der Waals surface area contributed by atoms with Gasteiger partial charge >= 0.3 is 0 Å². The van der Waals surface area contributed by atoms with Crippen molar-refractivity contribution in [2.75, 3.05) is 33.9 Å². The third-order valence-corrected chi connectivity index (χ3v) is 5.75. The van der Waals surface area contributed by atoms with E-state index in [4.69, 9.17) is 0 Å². The van der Waals surface area contributed by atoms with Gasteiger partial charge in [-0.1, -0.05) is 12.1 Å². The fourth-order valence-corrected chi connectivity index (χ4v) is 4.10. The zero-order valence-corrected chi connectivity index (χ0v) is 16.4. The molecule has 0 bridgehead atoms. The van der Waals surface area contributed by atoms with E-state index in [-0.39, 0.29) is 17.9 Å². The van der Waals surface area contributed by atoms with Crippen LogP contribution in [-0.2, 0) is 4.79 Å². The van der Waals surface area contributed by atoms with Crippen LogP contribution in [-0.4, -0.2) is 67.6 Å². The van der Waals surface area contributed by atoms with E-state index in [1.165, 1.54) is 18.2 Å². The molecular formula is C19H29N3O2S. The van der Waals surface area contributed by atoms with Crippen molar-refractivity contribution in [2.45, 2.75) is 42.7 Å². The van der Waals surface area contributed by atoms with Crippen molar-refractivity contribution < 1.29 is 9.59 Å². The van der Waals surface area contributed by atoms with Crippen LogP contribution in [0.15, 0.2) is 29.2 Å². The molecule has 0 unspecified atom stereocenters. The lowest BCUT2D eigenvalue weighted by Crippen LogP contribution is -2.43. The van der Waals surface area contributed by atoms with E-state index in [0.29, 0.717) is 17.4 Å². The van der Waals surface area contributed by atoms with E-state index in [0.717, 1.165) is 24.2 Å². The SMILES string of the molecule is CN(C)C(=O)CSc1ccccc1C(=O)N[C@H]1CCC[C@H](N(C)C)C1. The minimum Gasteiger partial charge on any atom is -0.349 e. The van der Waals surface area contributed by atoms with Gasteiger partial charge < -0.3 is 15.1 Å². The molecule has 1 aliphatic rings. The molecule has 0 heterocycles. The molecule has 25 heavy (non-hydrogen) atoms. The second-order valence-electron chi connectivity index (χ2n) is 7.03. The molecule has 1 aromatic carbocycles. The fraction of sp³-hybridized carbons (Fsp3) is 0.579. The van der Waals surface area contributed by atoms with Gasteiger partial charge in [-0.3, -0.25) is 9.59 Å². The van der Waals surface area contributed by atoms with Crippen molar-refractivity contribution >= 4 is 23.6 Å². The highest BCUT2D eigenvalue weighted by Gasteiger charge is 2.25. The summed E-state index contributed by atoms with van der Waals surface area (Å²) >= 11 is 1.42. The highest BCUT2D eigenvalue weighted by atomic mass is 32.2. The van der Waals surface area contributed by atoms with Crippen LogP contribution in [0.3, 0.4) is 0 Å². The molecule has 0 saturated heterocycles. The smallest absolute Gasteiger partial charge is 0.252 e. The summed E-state index contributed by atoms with van der Waals surface area (Å²) in [6, 6.07) is 8.27. The molecule has 1 aromatic rings. The van der Waals surface area contributed by atoms with Crippen LogP contribution in [0, 0.1) is 0 Å². The Hall–Kier alpha value is -1.53. The van der Waals surface area contributed by atoms with E-state index >= 15 is 0 Å². The number of amides is 2. The highest BCUT2D eigenvalue weighted by Crippen LogP contribution is 2.25. The lowest BCUT2D eigenvalue weighted by Gasteiger charge is -2.33. The Bertz CT molecular complexity index is 604. The average Bonchev–Trinajstić information content (AvgIpc) is 2.59. The van der Waals surface area contributed by atoms with Gasteiger partial charge in [0.25, 0.3) is 5.91 Å². The van der Waals surface area contributed by atoms with Gasteiger partial charge in [-0.15, -0.1) is 11.8 Å². The van der Waals surface area contributed by atoms with Gasteiger partial charge in [0.1, 0.15) is 0 Å². The minimum atomic E-state index is -0.0372. The summed E-state index contributed by atoms with van der Waals surface area (Å²) in [5, 5.41) is 3.20. The highest BCUT2D eigenvalue weighted by molar-refractivity contribution is 8.00. The van der Waals surface area contributed by atoms with Crippen molar-refractivity contribution in [3.05, 3.63) is 29.8 Å². The van der Waals surface area contributed by atoms with E-state index in [1.807, 2.05) is 24.3 Å². The zero-order chi connectivity index (χ0) is 18.4. The second-order valence-corrected chi connectivity index (χ2v) is 8.04. The number of rotatable bonds is 6. The Morgan fingerprint density at radius 1 is 1.16 bits per heavy atom. The summed E-state index contributed by atoms with van der Waals surface area (Å²) in [7, 11) is 7.68. The summed E-state index contributed by atoms with van der Waals surface area (Å²) in [4.78, 5) is 29.2. The van der Waals surface area contributed by atoms with Gasteiger partial charge in [-0.25, -0.2) is 0 Å². The summed E-state index contributed by atoms with van der Waals surface area (Å²) in [6.45, 7) is 0. The van der Waals surface area contributed by atoms with Crippen LogP contribution < -0.4 is 5.32 Å². The molecule has 2 rings (SSSR count). The van der Waals surface area contributed by atoms with Crippen molar-refractivity contribution in [1.29, 1.82) is 0 Å². The quantitative estimate of drug-likeness (QED) is 0.789. The Kier molecular flexibility index (Phi) is 7.32. The summed E-state index contributed by atoms with van der Waals surface area (Å²) in [6.07, 6.45) is 4.36. The number of hydrogen-bond acceptors (Lipinski definition) is 4. The number of benzene rings is 1. The first-order valence-corrected chi connectivity index (χ1v) is 9.76. The van der Waals surface area contributed by atoms with Crippen LogP contribution in [0.5, 0.6) is 0 Å². The number of thioether (sulfide) groups is 1. The van der Waals surface area contributed by atoms with Gasteiger partial charge in [0, 0.05) is 31.1 Å². The maximum Gasteiger partial charge on any atom is 0.252 e. The van der Waals surface area contributed by atoms with E-state index in [9.17, 15) is 9.59 Å². The Balaban J connectivity index is 2.00. The number of nitrogens with zero attached hydrogens (tertiary/aromatic N) is 2. The molecule has 1 saturated carbocycles. The van der Waals surface area contributed by atoms with E-state index in [2.05, 4.69) is 24.3 Å². The largest absolute Gasteiger partial charge is 0.349 e. The summed E-state index contributed by atoms with van der Waals surface area (Å²) < 4.78 is 0. The third kappa shape index (κ3) is 5.75. The van der Waals surface area contributed by atoms with Gasteiger partial charge in [0.15, 0.2) is 0 Å². The molecular weight excluding hydrogens is 334 g/mol. The standard InChI is InChI=1S/C19H29N3O2S/c1-21(2)15-9-7-8-14(12-15)20-19(24)16-10-5-6-11-17(16)25-13-18(23)22(3)4/h5-6,10-11,14-15H,7-9,12-13H2,1-4H3,(H,20,24)/t14-,15-/m0/s1. The molecule has 0 radical (unpaired) electrons. The fourth-order valence-electron chi connectivity index (χ4n) is 3.08. The molecule has 0 spiro atoms. The first kappa shape index (κ1) is 19.8. The van der Waals surface area contributed by atoms with Crippen molar-refractivity contribution in [1.82, 2.24) is 15.1 Å². The molecule has 138 valence electrons. The molecule has 0 aliphatic heterocycles. The second kappa shape index (κ2) is 9.25. The molecule has 1 N–H and O–H groups in total. The van der Waals surface area contributed by atoms with Gasteiger partial charge in [-0.2, -0.15) is 0 Å². The predicted octanol–water partition coefficient (Wildman–Crippen LogP) is 2.47. The number of nitrogens with one attached hydrogen (secondary N) is 1. The Morgan fingerprint density at radius 3 is 2.56 bits per heavy atom. The molecule has 0 aromatic heterocycles. The molecule has 2 atom stereocenters. The number of carbonyl (C=O) groups is 2. The lowest BCUT2D eigenvalue weighted by molar-refractivity contribution is -0.125. The monoisotopic (exact) mass is 363 g/mol. The minimum absolute atomic E-state index is 0.0372. The normalized spacial score (nSPS) is 20.4. The van der Waals surface area contributed by atoms with Crippen molar-refractivity contribution in [3.63, 3.8) is 0 Å². The van der Waals surface area contributed by atoms with Gasteiger partial charge in [0.05, 0.1) is 11.3 Å². The summed E-state index contributed by atoms with van der Waals surface area (Å²) in [5.41, 5.74) is 0.658. The number of carbonyl (C=O) groups excluding carboxylic acids is 2. The van der Waals surface area contributed by atoms with Crippen molar-refractivity contribution in [2.24, 2.45) is 0 Å². The van der Waals surface area contributed by atoms with E-state index < -0.39 is 0 Å². The first-order valence-electron chi connectivity index (χ1n) is 8.77. The zero-order valence-electron chi connectivity index (χ0n) is 15.6. The summed E-state index contributed by atoms with van der Waals surface area (Å²) in [5.74, 6) is 0.342. The topological polar surface area (TPSA) is 52.7 Å². The van der Waals surface area contributed by atoms with Gasteiger partial charge in [-0.05, 0) is 51.9 Å². The number of hydrogen-bond donors (Lipinski definition) is 1. The third-order valence-electron chi connectivity index (χ3n) is 4.69.